The summed E-state index contributed by atoms with van der Waals surface area (Å²) in [6.45, 7) is 1.86. The highest BCUT2D eigenvalue weighted by molar-refractivity contribution is 5.96. The molecule has 0 radical (unpaired) electrons. The number of phenolic OH excluding ortho intramolecular Hbond substituents is 1. The largest absolute Gasteiger partial charge is 0.507 e. The number of para-hydroxylation sites is 1. The van der Waals surface area contributed by atoms with E-state index >= 15 is 0 Å². The summed E-state index contributed by atoms with van der Waals surface area (Å²) in [4.78, 5) is 11.9. The highest BCUT2D eigenvalue weighted by Gasteiger charge is 2.06. The molecular formula is C15H14N2O2. The Hall–Kier alpha value is -2.62. The second kappa shape index (κ2) is 5.82. The van der Waals surface area contributed by atoms with Crippen LogP contribution >= 0.6 is 0 Å². The molecule has 0 aliphatic rings. The van der Waals surface area contributed by atoms with E-state index in [1.54, 1.807) is 36.4 Å². The SMILES string of the molecule is Cc1ccccc1C(=O)N/N=C\c1ccccc1O. The van der Waals surface area contributed by atoms with E-state index in [-0.39, 0.29) is 11.7 Å². The summed E-state index contributed by atoms with van der Waals surface area (Å²) in [5, 5.41) is 13.4. The lowest BCUT2D eigenvalue weighted by Gasteiger charge is -2.03. The number of nitrogens with zero attached hydrogens (tertiary/aromatic N) is 1. The van der Waals surface area contributed by atoms with Gasteiger partial charge < -0.3 is 5.11 Å². The second-order valence-corrected chi connectivity index (χ2v) is 4.07. The Bertz CT molecular complexity index is 621. The first-order valence-corrected chi connectivity index (χ1v) is 5.85. The molecule has 0 bridgehead atoms. The molecule has 0 unspecified atom stereocenters. The molecule has 0 aromatic heterocycles. The first-order valence-electron chi connectivity index (χ1n) is 5.85. The summed E-state index contributed by atoms with van der Waals surface area (Å²) in [5.41, 5.74) is 4.45. The van der Waals surface area contributed by atoms with Crippen LogP contribution in [0.2, 0.25) is 0 Å². The second-order valence-electron chi connectivity index (χ2n) is 4.07. The highest BCUT2D eigenvalue weighted by Crippen LogP contribution is 2.12. The summed E-state index contributed by atoms with van der Waals surface area (Å²) in [6.07, 6.45) is 1.41. The van der Waals surface area contributed by atoms with E-state index in [1.807, 2.05) is 19.1 Å². The topological polar surface area (TPSA) is 61.7 Å². The van der Waals surface area contributed by atoms with E-state index in [0.717, 1.165) is 5.56 Å². The standard InChI is InChI=1S/C15H14N2O2/c1-11-6-2-4-8-13(11)15(19)17-16-10-12-7-3-5-9-14(12)18/h2-10,18H,1H3,(H,17,19)/b16-10-. The lowest BCUT2D eigenvalue weighted by atomic mass is 10.1. The summed E-state index contributed by atoms with van der Waals surface area (Å²) in [7, 11) is 0. The molecule has 4 nitrogen and oxygen atoms in total. The predicted molar refractivity (Wildman–Crippen MR) is 74.3 cm³/mol. The van der Waals surface area contributed by atoms with Crippen molar-refractivity contribution < 1.29 is 9.90 Å². The number of aryl methyl sites for hydroxylation is 1. The fourth-order valence-electron chi connectivity index (χ4n) is 1.65. The van der Waals surface area contributed by atoms with Gasteiger partial charge in [0, 0.05) is 11.1 Å². The van der Waals surface area contributed by atoms with Gasteiger partial charge in [-0.15, -0.1) is 0 Å². The number of amides is 1. The number of nitrogens with one attached hydrogen (secondary N) is 1. The van der Waals surface area contributed by atoms with E-state index in [9.17, 15) is 9.90 Å². The third-order valence-corrected chi connectivity index (χ3v) is 2.70. The van der Waals surface area contributed by atoms with Crippen molar-refractivity contribution in [2.75, 3.05) is 0 Å². The Morgan fingerprint density at radius 1 is 1.16 bits per heavy atom. The zero-order chi connectivity index (χ0) is 13.7. The number of carbonyl (C=O) groups excluding carboxylic acids is 1. The van der Waals surface area contributed by atoms with Gasteiger partial charge in [0.2, 0.25) is 0 Å². The molecule has 2 rings (SSSR count). The van der Waals surface area contributed by atoms with Gasteiger partial charge in [-0.05, 0) is 30.7 Å². The zero-order valence-corrected chi connectivity index (χ0v) is 10.5. The van der Waals surface area contributed by atoms with Crippen LogP contribution in [0.5, 0.6) is 5.75 Å². The van der Waals surface area contributed by atoms with Crippen molar-refractivity contribution in [1.82, 2.24) is 5.43 Å². The van der Waals surface area contributed by atoms with Crippen LogP contribution in [-0.2, 0) is 0 Å². The molecule has 0 aliphatic heterocycles. The normalized spacial score (nSPS) is 10.6. The fourth-order valence-corrected chi connectivity index (χ4v) is 1.65. The number of carbonyl (C=O) groups is 1. The van der Waals surface area contributed by atoms with Gasteiger partial charge in [-0.1, -0.05) is 30.3 Å². The van der Waals surface area contributed by atoms with Crippen LogP contribution in [0.1, 0.15) is 21.5 Å². The number of hydrogen-bond acceptors (Lipinski definition) is 3. The number of aromatic hydroxyl groups is 1. The van der Waals surface area contributed by atoms with Crippen LogP contribution in [0.4, 0.5) is 0 Å². The fraction of sp³-hybridized carbons (Fsp3) is 0.0667. The lowest BCUT2D eigenvalue weighted by molar-refractivity contribution is 0.0954. The Morgan fingerprint density at radius 3 is 2.58 bits per heavy atom. The number of hydrazone groups is 1. The van der Waals surface area contributed by atoms with Gasteiger partial charge >= 0.3 is 0 Å². The van der Waals surface area contributed by atoms with E-state index in [1.165, 1.54) is 6.21 Å². The molecule has 2 aromatic carbocycles. The van der Waals surface area contributed by atoms with Crippen LogP contribution in [0.15, 0.2) is 53.6 Å². The Labute approximate surface area is 111 Å². The summed E-state index contributed by atoms with van der Waals surface area (Å²) in [6, 6.07) is 14.0. The average Bonchev–Trinajstić information content (AvgIpc) is 2.41. The van der Waals surface area contributed by atoms with Crippen LogP contribution in [0.3, 0.4) is 0 Å². The number of benzene rings is 2. The molecule has 2 N–H and O–H groups in total. The first-order chi connectivity index (χ1) is 9.18. The van der Waals surface area contributed by atoms with Crippen molar-refractivity contribution in [2.45, 2.75) is 6.92 Å². The maximum atomic E-state index is 11.9. The minimum atomic E-state index is -0.273. The third-order valence-electron chi connectivity index (χ3n) is 2.70. The lowest BCUT2D eigenvalue weighted by Crippen LogP contribution is -2.18. The van der Waals surface area contributed by atoms with E-state index < -0.39 is 0 Å². The molecule has 19 heavy (non-hydrogen) atoms. The van der Waals surface area contributed by atoms with Gasteiger partial charge in [0.05, 0.1) is 6.21 Å². The maximum Gasteiger partial charge on any atom is 0.271 e. The predicted octanol–water partition coefficient (Wildman–Crippen LogP) is 2.46. The Kier molecular flexibility index (Phi) is 3.93. The molecule has 0 fully saturated rings. The number of rotatable bonds is 3. The monoisotopic (exact) mass is 254 g/mol. The summed E-state index contributed by atoms with van der Waals surface area (Å²) in [5.74, 6) is -0.152. The molecule has 96 valence electrons. The van der Waals surface area contributed by atoms with Crippen LogP contribution < -0.4 is 5.43 Å². The van der Waals surface area contributed by atoms with Crippen molar-refractivity contribution in [1.29, 1.82) is 0 Å². The number of phenols is 1. The van der Waals surface area contributed by atoms with Gasteiger partial charge in [-0.2, -0.15) is 5.10 Å². The molecule has 2 aromatic rings. The highest BCUT2D eigenvalue weighted by atomic mass is 16.3. The molecule has 0 spiro atoms. The average molecular weight is 254 g/mol. The zero-order valence-electron chi connectivity index (χ0n) is 10.5. The van der Waals surface area contributed by atoms with E-state index in [4.69, 9.17) is 0 Å². The summed E-state index contributed by atoms with van der Waals surface area (Å²) < 4.78 is 0. The molecule has 0 saturated heterocycles. The molecule has 0 heterocycles. The van der Waals surface area contributed by atoms with Crippen molar-refractivity contribution in [3.63, 3.8) is 0 Å². The molecule has 0 atom stereocenters. The minimum Gasteiger partial charge on any atom is -0.507 e. The van der Waals surface area contributed by atoms with Gasteiger partial charge in [0.25, 0.3) is 5.91 Å². The van der Waals surface area contributed by atoms with Crippen molar-refractivity contribution in [3.05, 3.63) is 65.2 Å². The molecular weight excluding hydrogens is 240 g/mol. The first kappa shape index (κ1) is 12.8. The minimum absolute atomic E-state index is 0.122. The summed E-state index contributed by atoms with van der Waals surface area (Å²) >= 11 is 0. The van der Waals surface area contributed by atoms with Crippen molar-refractivity contribution >= 4 is 12.1 Å². The Balaban J connectivity index is 2.06. The molecule has 4 heteroatoms. The van der Waals surface area contributed by atoms with Crippen molar-refractivity contribution in [2.24, 2.45) is 5.10 Å². The van der Waals surface area contributed by atoms with Gasteiger partial charge in [0.1, 0.15) is 5.75 Å². The molecule has 0 saturated carbocycles. The quantitative estimate of drug-likeness (QED) is 0.653. The smallest absolute Gasteiger partial charge is 0.271 e. The maximum absolute atomic E-state index is 11.9. The van der Waals surface area contributed by atoms with Crippen molar-refractivity contribution in [3.8, 4) is 5.75 Å². The third kappa shape index (κ3) is 3.19. The number of hydrogen-bond donors (Lipinski definition) is 2. The molecule has 0 aliphatic carbocycles. The Morgan fingerprint density at radius 2 is 1.84 bits per heavy atom. The van der Waals surface area contributed by atoms with Gasteiger partial charge in [0.15, 0.2) is 0 Å². The van der Waals surface area contributed by atoms with Crippen LogP contribution in [-0.4, -0.2) is 17.2 Å². The van der Waals surface area contributed by atoms with Crippen LogP contribution in [0.25, 0.3) is 0 Å². The van der Waals surface area contributed by atoms with E-state index in [2.05, 4.69) is 10.5 Å². The molecule has 1 amide bonds. The van der Waals surface area contributed by atoms with Crippen LogP contribution in [0, 0.1) is 6.92 Å². The van der Waals surface area contributed by atoms with Gasteiger partial charge in [-0.25, -0.2) is 5.43 Å². The van der Waals surface area contributed by atoms with E-state index in [0.29, 0.717) is 11.1 Å². The van der Waals surface area contributed by atoms with Gasteiger partial charge in [-0.3, -0.25) is 4.79 Å².